The number of aliphatic imine (C=N–C) groups is 1. The highest BCUT2D eigenvalue weighted by atomic mass is 16.3. The van der Waals surface area contributed by atoms with Crippen LogP contribution in [-0.4, -0.2) is 48.2 Å². The summed E-state index contributed by atoms with van der Waals surface area (Å²) in [6.07, 6.45) is 29.4. The summed E-state index contributed by atoms with van der Waals surface area (Å²) in [6, 6.07) is 0. The first-order valence-electron chi connectivity index (χ1n) is 13.9. The number of hydrogen-bond donors (Lipinski definition) is 1. The van der Waals surface area contributed by atoms with Crippen LogP contribution in [0.25, 0.3) is 0 Å². The molecule has 1 rings (SSSR count). The monoisotopic (exact) mass is 435 g/mol. The lowest BCUT2D eigenvalue weighted by Crippen LogP contribution is -2.52. The van der Waals surface area contributed by atoms with Crippen LogP contribution in [0.3, 0.4) is 0 Å². The number of rotatable bonds is 22. The van der Waals surface area contributed by atoms with Crippen LogP contribution in [0.15, 0.2) is 17.1 Å². The standard InChI is InChI=1S/C28H55N2O/c1-3-5-6-7-8-9-10-11-12-13-14-15-16-17-18-19-20-21-22-23-28-29-24-25-30(28,4-2)26-27-31/h13-14,31H,3-12,15-27H2,1-2H3/q+1/b14-13+. The molecule has 3 heteroatoms. The molecule has 0 saturated heterocycles. The Kier molecular flexibility index (Phi) is 18.3. The minimum atomic E-state index is 0.279. The van der Waals surface area contributed by atoms with Crippen molar-refractivity contribution in [2.45, 2.75) is 129 Å². The molecule has 1 atom stereocenters. The van der Waals surface area contributed by atoms with E-state index < -0.39 is 0 Å². The summed E-state index contributed by atoms with van der Waals surface area (Å²) in [6.45, 7) is 8.79. The first-order chi connectivity index (χ1) is 15.3. The SMILES string of the molecule is CCCCCCCCCC/C=C/CCCCCCCCCC1=NCC[N+]1(CC)CCO. The minimum Gasteiger partial charge on any atom is -0.390 e. The molecule has 0 saturated carbocycles. The van der Waals surface area contributed by atoms with Gasteiger partial charge in [-0.3, -0.25) is 4.48 Å². The van der Waals surface area contributed by atoms with E-state index in [4.69, 9.17) is 4.99 Å². The van der Waals surface area contributed by atoms with Gasteiger partial charge in [-0.05, 0) is 39.0 Å². The molecule has 0 fully saturated rings. The second-order valence-electron chi connectivity index (χ2n) is 9.68. The first kappa shape index (κ1) is 28.4. The van der Waals surface area contributed by atoms with Gasteiger partial charge in [0.25, 0.3) is 0 Å². The molecular weight excluding hydrogens is 380 g/mol. The molecule has 0 amide bonds. The Morgan fingerprint density at radius 2 is 1.26 bits per heavy atom. The van der Waals surface area contributed by atoms with E-state index in [1.54, 1.807) is 0 Å². The molecule has 0 aromatic heterocycles. The van der Waals surface area contributed by atoms with Crippen molar-refractivity contribution in [1.29, 1.82) is 0 Å². The molecule has 0 aliphatic carbocycles. The van der Waals surface area contributed by atoms with Gasteiger partial charge < -0.3 is 5.11 Å². The van der Waals surface area contributed by atoms with Crippen molar-refractivity contribution >= 4 is 5.84 Å². The third kappa shape index (κ3) is 13.5. The predicted molar refractivity (Wildman–Crippen MR) is 138 cm³/mol. The maximum absolute atomic E-state index is 9.40. The second-order valence-corrected chi connectivity index (χ2v) is 9.68. The Labute approximate surface area is 195 Å². The summed E-state index contributed by atoms with van der Waals surface area (Å²) < 4.78 is 0.947. The van der Waals surface area contributed by atoms with E-state index in [0.717, 1.165) is 37.1 Å². The minimum absolute atomic E-state index is 0.279. The van der Waals surface area contributed by atoms with Crippen LogP contribution < -0.4 is 0 Å². The third-order valence-corrected chi connectivity index (χ3v) is 7.17. The van der Waals surface area contributed by atoms with Gasteiger partial charge in [-0.2, -0.15) is 0 Å². The topological polar surface area (TPSA) is 32.6 Å². The van der Waals surface area contributed by atoms with Crippen LogP contribution in [0, 0.1) is 0 Å². The van der Waals surface area contributed by atoms with Crippen LogP contribution in [0.4, 0.5) is 0 Å². The summed E-state index contributed by atoms with van der Waals surface area (Å²) in [5.41, 5.74) is 0. The highest BCUT2D eigenvalue weighted by molar-refractivity contribution is 5.76. The number of aliphatic hydroxyl groups is 1. The van der Waals surface area contributed by atoms with Crippen molar-refractivity contribution in [3.63, 3.8) is 0 Å². The van der Waals surface area contributed by atoms with Crippen molar-refractivity contribution in [3.05, 3.63) is 12.2 Å². The van der Waals surface area contributed by atoms with E-state index in [0.29, 0.717) is 0 Å². The predicted octanol–water partition coefficient (Wildman–Crippen LogP) is 7.83. The van der Waals surface area contributed by atoms with Crippen LogP contribution in [0.5, 0.6) is 0 Å². The summed E-state index contributed by atoms with van der Waals surface area (Å²) in [7, 11) is 0. The quantitative estimate of drug-likeness (QED) is 0.105. The molecule has 0 aromatic carbocycles. The van der Waals surface area contributed by atoms with Gasteiger partial charge in [-0.25, -0.2) is 4.99 Å². The fraction of sp³-hybridized carbons (Fsp3) is 0.893. The number of likely N-dealkylation sites (N-methyl/N-ethyl adjacent to an activating group) is 1. The number of aliphatic hydroxyl groups excluding tert-OH is 1. The van der Waals surface area contributed by atoms with Crippen molar-refractivity contribution < 1.29 is 9.59 Å². The second kappa shape index (κ2) is 20.0. The number of quaternary nitrogens is 1. The van der Waals surface area contributed by atoms with E-state index in [1.807, 2.05) is 0 Å². The molecule has 1 aliphatic rings. The average molecular weight is 436 g/mol. The van der Waals surface area contributed by atoms with Crippen LogP contribution in [-0.2, 0) is 0 Å². The van der Waals surface area contributed by atoms with Crippen molar-refractivity contribution in [2.75, 3.05) is 32.8 Å². The maximum Gasteiger partial charge on any atom is 0.198 e. The molecular formula is C28H55N2O+. The normalized spacial score (nSPS) is 18.9. The Morgan fingerprint density at radius 3 is 1.77 bits per heavy atom. The molecule has 0 bridgehead atoms. The fourth-order valence-corrected chi connectivity index (χ4v) is 4.96. The zero-order valence-corrected chi connectivity index (χ0v) is 21.3. The van der Waals surface area contributed by atoms with Gasteiger partial charge in [0.05, 0.1) is 19.7 Å². The van der Waals surface area contributed by atoms with E-state index in [-0.39, 0.29) is 6.61 Å². The Morgan fingerprint density at radius 1 is 0.742 bits per heavy atom. The third-order valence-electron chi connectivity index (χ3n) is 7.17. The molecule has 1 N–H and O–H groups in total. The maximum atomic E-state index is 9.40. The Bertz CT molecular complexity index is 460. The zero-order chi connectivity index (χ0) is 22.5. The molecule has 31 heavy (non-hydrogen) atoms. The van der Waals surface area contributed by atoms with Crippen LogP contribution in [0.2, 0.25) is 0 Å². The number of amidine groups is 1. The Hall–Kier alpha value is -0.670. The molecule has 0 radical (unpaired) electrons. The summed E-state index contributed by atoms with van der Waals surface area (Å²) in [5.74, 6) is 1.36. The van der Waals surface area contributed by atoms with E-state index >= 15 is 0 Å². The smallest absolute Gasteiger partial charge is 0.198 e. The van der Waals surface area contributed by atoms with Crippen molar-refractivity contribution in [3.8, 4) is 0 Å². The van der Waals surface area contributed by atoms with Crippen LogP contribution >= 0.6 is 0 Å². The summed E-state index contributed by atoms with van der Waals surface area (Å²) in [5, 5.41) is 9.40. The lowest BCUT2D eigenvalue weighted by Gasteiger charge is -2.33. The van der Waals surface area contributed by atoms with Crippen molar-refractivity contribution in [2.24, 2.45) is 4.99 Å². The van der Waals surface area contributed by atoms with E-state index in [2.05, 4.69) is 26.0 Å². The van der Waals surface area contributed by atoms with Gasteiger partial charge in [0.2, 0.25) is 0 Å². The lowest BCUT2D eigenvalue weighted by atomic mass is 10.1. The average Bonchev–Trinajstić information content (AvgIpc) is 3.18. The first-order valence-corrected chi connectivity index (χ1v) is 13.9. The zero-order valence-electron chi connectivity index (χ0n) is 21.3. The summed E-state index contributed by atoms with van der Waals surface area (Å²) >= 11 is 0. The van der Waals surface area contributed by atoms with Gasteiger partial charge in [-0.1, -0.05) is 96.1 Å². The molecule has 1 unspecified atom stereocenters. The largest absolute Gasteiger partial charge is 0.390 e. The Balaban J connectivity index is 1.85. The molecule has 0 spiro atoms. The molecule has 1 heterocycles. The molecule has 0 aromatic rings. The number of allylic oxidation sites excluding steroid dienone is 2. The van der Waals surface area contributed by atoms with Gasteiger partial charge in [-0.15, -0.1) is 0 Å². The molecule has 1 aliphatic heterocycles. The highest BCUT2D eigenvalue weighted by Crippen LogP contribution is 2.20. The van der Waals surface area contributed by atoms with Gasteiger partial charge >= 0.3 is 0 Å². The number of unbranched alkanes of at least 4 members (excludes halogenated alkanes) is 15. The van der Waals surface area contributed by atoms with Gasteiger partial charge in [0.15, 0.2) is 5.84 Å². The fourth-order valence-electron chi connectivity index (χ4n) is 4.96. The van der Waals surface area contributed by atoms with Crippen molar-refractivity contribution in [1.82, 2.24) is 0 Å². The van der Waals surface area contributed by atoms with E-state index in [9.17, 15) is 5.11 Å². The summed E-state index contributed by atoms with van der Waals surface area (Å²) in [4.78, 5) is 4.77. The number of hydrogen-bond acceptors (Lipinski definition) is 2. The molecule has 182 valence electrons. The van der Waals surface area contributed by atoms with Gasteiger partial charge in [0.1, 0.15) is 13.1 Å². The molecule has 3 nitrogen and oxygen atoms in total. The van der Waals surface area contributed by atoms with E-state index in [1.165, 1.54) is 115 Å². The number of nitrogens with zero attached hydrogens (tertiary/aromatic N) is 2. The van der Waals surface area contributed by atoms with Crippen LogP contribution in [0.1, 0.15) is 129 Å². The van der Waals surface area contributed by atoms with Gasteiger partial charge in [0, 0.05) is 6.42 Å². The highest BCUT2D eigenvalue weighted by Gasteiger charge is 2.35. The lowest BCUT2D eigenvalue weighted by molar-refractivity contribution is -0.835.